The van der Waals surface area contributed by atoms with Gasteiger partial charge in [-0.1, -0.05) is 0 Å². The van der Waals surface area contributed by atoms with E-state index in [4.69, 9.17) is 5.84 Å². The van der Waals surface area contributed by atoms with E-state index < -0.39 is 0 Å². The molecule has 3 aliphatic rings. The van der Waals surface area contributed by atoms with Crippen molar-refractivity contribution in [2.24, 2.45) is 5.84 Å². The van der Waals surface area contributed by atoms with Crippen molar-refractivity contribution in [3.63, 3.8) is 0 Å². The highest BCUT2D eigenvalue weighted by Crippen LogP contribution is 2.29. The molecule has 11 heavy (non-hydrogen) atoms. The molecule has 0 amide bonds. The summed E-state index contributed by atoms with van der Waals surface area (Å²) >= 11 is 0. The molecule has 0 radical (unpaired) electrons. The van der Waals surface area contributed by atoms with Crippen LogP contribution in [0.25, 0.3) is 0 Å². The van der Waals surface area contributed by atoms with Crippen molar-refractivity contribution >= 4 is 0 Å². The molecule has 2 N–H and O–H groups in total. The first kappa shape index (κ1) is 7.53. The minimum absolute atomic E-state index is 0.649. The van der Waals surface area contributed by atoms with Gasteiger partial charge in [0.2, 0.25) is 0 Å². The van der Waals surface area contributed by atoms with Crippen molar-refractivity contribution in [3.8, 4) is 0 Å². The molecule has 3 aliphatic heterocycles. The first-order chi connectivity index (χ1) is 5.18. The van der Waals surface area contributed by atoms with E-state index in [1.54, 1.807) is 0 Å². The Morgan fingerprint density at radius 3 is 2.18 bits per heavy atom. The van der Waals surface area contributed by atoms with E-state index in [-0.39, 0.29) is 0 Å². The molecule has 0 spiro atoms. The van der Waals surface area contributed by atoms with E-state index in [2.05, 4.69) is 18.7 Å². The normalized spacial score (nSPS) is 39.3. The zero-order chi connectivity index (χ0) is 8.01. The van der Waals surface area contributed by atoms with Crippen LogP contribution in [0, 0.1) is 0 Å². The molecule has 3 fully saturated rings. The highest BCUT2D eigenvalue weighted by atomic mass is 15.5. The van der Waals surface area contributed by atoms with Crippen molar-refractivity contribution in [3.05, 3.63) is 0 Å². The molecule has 3 heteroatoms. The largest absolute Gasteiger partial charge is 0.298 e. The Morgan fingerprint density at radius 1 is 1.27 bits per heavy atom. The SMILES string of the molecule is CC(C)N1CC2CC(C1)N2N. The van der Waals surface area contributed by atoms with Crippen LogP contribution in [0.1, 0.15) is 20.3 Å². The lowest BCUT2D eigenvalue weighted by Crippen LogP contribution is -2.71. The molecule has 3 nitrogen and oxygen atoms in total. The molecular weight excluding hydrogens is 138 g/mol. The number of hydrazine groups is 1. The Hall–Kier alpha value is -0.120. The second kappa shape index (κ2) is 2.44. The predicted octanol–water partition coefficient (Wildman–Crippen LogP) is 0.0270. The second-order valence-electron chi connectivity index (χ2n) is 4.04. The minimum atomic E-state index is 0.649. The maximum Gasteiger partial charge on any atom is 0.0388 e. The van der Waals surface area contributed by atoms with Gasteiger partial charge in [-0.05, 0) is 20.3 Å². The van der Waals surface area contributed by atoms with Crippen molar-refractivity contribution in [2.75, 3.05) is 13.1 Å². The molecule has 3 heterocycles. The number of nitrogens with zero attached hydrogens (tertiary/aromatic N) is 2. The summed E-state index contributed by atoms with van der Waals surface area (Å²) in [6, 6.07) is 1.99. The number of fused-ring (bicyclic) bond motifs is 2. The topological polar surface area (TPSA) is 32.5 Å². The summed E-state index contributed by atoms with van der Waals surface area (Å²) in [6.45, 7) is 6.85. The third kappa shape index (κ3) is 1.08. The Balaban J connectivity index is 1.94. The van der Waals surface area contributed by atoms with Crippen LogP contribution >= 0.6 is 0 Å². The van der Waals surface area contributed by atoms with Crippen molar-refractivity contribution in [1.29, 1.82) is 0 Å². The molecule has 3 rings (SSSR count). The van der Waals surface area contributed by atoms with Crippen LogP contribution in [0.3, 0.4) is 0 Å². The van der Waals surface area contributed by atoms with Gasteiger partial charge in [0.05, 0.1) is 0 Å². The van der Waals surface area contributed by atoms with Crippen molar-refractivity contribution in [1.82, 2.24) is 9.91 Å². The molecular formula is C8H17N3. The summed E-state index contributed by atoms with van der Waals surface area (Å²) in [4.78, 5) is 2.52. The van der Waals surface area contributed by atoms with Gasteiger partial charge < -0.3 is 0 Å². The Labute approximate surface area is 68.1 Å². The quantitative estimate of drug-likeness (QED) is 0.542. The molecule has 0 aromatic rings. The predicted molar refractivity (Wildman–Crippen MR) is 44.9 cm³/mol. The van der Waals surface area contributed by atoms with E-state index in [1.165, 1.54) is 19.5 Å². The Bertz CT molecular complexity index is 145. The van der Waals surface area contributed by atoms with E-state index >= 15 is 0 Å². The van der Waals surface area contributed by atoms with Crippen LogP contribution < -0.4 is 5.84 Å². The fourth-order valence-electron chi connectivity index (χ4n) is 2.09. The summed E-state index contributed by atoms with van der Waals surface area (Å²) < 4.78 is 0. The standard InChI is InChI=1S/C8H17N3/c1-6(2)10-4-7-3-8(5-10)11(7)9/h6-8H,3-5,9H2,1-2H3. The second-order valence-corrected chi connectivity index (χ2v) is 4.04. The summed E-state index contributed by atoms with van der Waals surface area (Å²) in [6.07, 6.45) is 1.32. The minimum Gasteiger partial charge on any atom is -0.298 e. The molecule has 0 aromatic carbocycles. The summed E-state index contributed by atoms with van der Waals surface area (Å²) in [5, 5.41) is 2.03. The third-order valence-electron chi connectivity index (χ3n) is 3.01. The summed E-state index contributed by atoms with van der Waals surface area (Å²) in [5.74, 6) is 5.80. The fourth-order valence-corrected chi connectivity index (χ4v) is 2.09. The molecule has 2 bridgehead atoms. The Kier molecular flexibility index (Phi) is 1.67. The average Bonchev–Trinajstić information content (AvgIpc) is 2.03. The average molecular weight is 155 g/mol. The Morgan fingerprint density at radius 2 is 1.82 bits per heavy atom. The summed E-state index contributed by atoms with van der Waals surface area (Å²) in [5.41, 5.74) is 0. The van der Waals surface area contributed by atoms with Crippen molar-refractivity contribution < 1.29 is 0 Å². The first-order valence-corrected chi connectivity index (χ1v) is 4.45. The van der Waals surface area contributed by atoms with Crippen LogP contribution in [-0.4, -0.2) is 41.1 Å². The number of hydrogen-bond acceptors (Lipinski definition) is 3. The van der Waals surface area contributed by atoms with E-state index in [1.807, 2.05) is 5.01 Å². The number of piperidine rings is 1. The van der Waals surface area contributed by atoms with Crippen LogP contribution in [-0.2, 0) is 0 Å². The third-order valence-corrected chi connectivity index (χ3v) is 3.01. The monoisotopic (exact) mass is 155 g/mol. The molecule has 64 valence electrons. The lowest BCUT2D eigenvalue weighted by atomic mass is 9.89. The molecule has 3 saturated heterocycles. The number of piperazine rings is 1. The van der Waals surface area contributed by atoms with Gasteiger partial charge in [0.15, 0.2) is 0 Å². The maximum atomic E-state index is 5.80. The number of rotatable bonds is 1. The smallest absolute Gasteiger partial charge is 0.0388 e. The van der Waals surface area contributed by atoms with Gasteiger partial charge in [-0.3, -0.25) is 10.7 Å². The first-order valence-electron chi connectivity index (χ1n) is 4.45. The van der Waals surface area contributed by atoms with E-state index in [0.717, 1.165) is 0 Å². The fraction of sp³-hybridized carbons (Fsp3) is 1.00. The molecule has 0 saturated carbocycles. The maximum absolute atomic E-state index is 5.80. The van der Waals surface area contributed by atoms with Crippen LogP contribution in [0.2, 0.25) is 0 Å². The van der Waals surface area contributed by atoms with E-state index in [9.17, 15) is 0 Å². The molecule has 0 aromatic heterocycles. The lowest BCUT2D eigenvalue weighted by molar-refractivity contribution is -0.0791. The molecule has 0 aliphatic carbocycles. The van der Waals surface area contributed by atoms with Crippen LogP contribution in [0.15, 0.2) is 0 Å². The van der Waals surface area contributed by atoms with Crippen LogP contribution in [0.4, 0.5) is 0 Å². The molecule has 2 atom stereocenters. The highest BCUT2D eigenvalue weighted by Gasteiger charge is 2.43. The van der Waals surface area contributed by atoms with Gasteiger partial charge in [-0.25, -0.2) is 5.01 Å². The van der Waals surface area contributed by atoms with Gasteiger partial charge in [0, 0.05) is 31.2 Å². The highest BCUT2D eigenvalue weighted by molar-refractivity contribution is 4.98. The molecule has 2 unspecified atom stereocenters. The number of nitrogens with two attached hydrogens (primary N) is 1. The van der Waals surface area contributed by atoms with Gasteiger partial charge in [0.25, 0.3) is 0 Å². The van der Waals surface area contributed by atoms with Gasteiger partial charge in [0.1, 0.15) is 0 Å². The van der Waals surface area contributed by atoms with Crippen molar-refractivity contribution in [2.45, 2.75) is 38.4 Å². The van der Waals surface area contributed by atoms with Gasteiger partial charge >= 0.3 is 0 Å². The number of hydrogen-bond donors (Lipinski definition) is 1. The van der Waals surface area contributed by atoms with Crippen LogP contribution in [0.5, 0.6) is 0 Å². The van der Waals surface area contributed by atoms with Gasteiger partial charge in [-0.15, -0.1) is 0 Å². The van der Waals surface area contributed by atoms with Gasteiger partial charge in [-0.2, -0.15) is 0 Å². The zero-order valence-corrected chi connectivity index (χ0v) is 7.33. The van der Waals surface area contributed by atoms with E-state index in [0.29, 0.717) is 18.1 Å². The zero-order valence-electron chi connectivity index (χ0n) is 7.33. The summed E-state index contributed by atoms with van der Waals surface area (Å²) in [7, 11) is 0. The lowest BCUT2D eigenvalue weighted by Gasteiger charge is -2.55.